The topological polar surface area (TPSA) is 119 Å². The zero-order chi connectivity index (χ0) is 29.6. The Labute approximate surface area is 247 Å². The molecule has 0 saturated carbocycles. The molecule has 216 valence electrons. The van der Waals surface area contributed by atoms with E-state index >= 15 is 4.79 Å². The second kappa shape index (κ2) is 10.6. The van der Waals surface area contributed by atoms with Gasteiger partial charge in [-0.2, -0.15) is 0 Å². The molecule has 2 aliphatic heterocycles. The average Bonchev–Trinajstić information content (AvgIpc) is 3.75. The zero-order valence-corrected chi connectivity index (χ0v) is 24.3. The van der Waals surface area contributed by atoms with Gasteiger partial charge in [0.2, 0.25) is 5.89 Å². The van der Waals surface area contributed by atoms with Crippen molar-refractivity contribution in [3.05, 3.63) is 101 Å². The number of likely N-dealkylation sites (tertiary alicyclic amines) is 1. The Kier molecular flexibility index (Phi) is 7.04. The van der Waals surface area contributed by atoms with Crippen LogP contribution < -0.4 is 13.8 Å². The van der Waals surface area contributed by atoms with Gasteiger partial charge in [-0.05, 0) is 73.5 Å². The number of nitrogens with zero attached hydrogens (tertiary/aromatic N) is 3. The summed E-state index contributed by atoms with van der Waals surface area (Å²) < 4.78 is 46.1. The van der Waals surface area contributed by atoms with Crippen LogP contribution >= 0.6 is 11.6 Å². The number of benzene rings is 3. The minimum absolute atomic E-state index is 0.104. The number of sulfonamides is 1. The number of fused-ring (bicyclic) bond motifs is 1. The van der Waals surface area contributed by atoms with E-state index in [1.54, 1.807) is 24.3 Å². The van der Waals surface area contributed by atoms with Gasteiger partial charge in [0.05, 0.1) is 37.0 Å². The highest BCUT2D eigenvalue weighted by Gasteiger charge is 2.62. The first kappa shape index (κ1) is 28.0. The van der Waals surface area contributed by atoms with Crippen LogP contribution in [0.4, 0.5) is 5.69 Å². The molecule has 1 amide bonds. The number of oxazole rings is 1. The molecule has 0 aliphatic carbocycles. The Hall–Kier alpha value is -4.19. The van der Waals surface area contributed by atoms with Gasteiger partial charge < -0.3 is 13.9 Å². The van der Waals surface area contributed by atoms with E-state index in [0.29, 0.717) is 59.2 Å². The second-order valence-corrected chi connectivity index (χ2v) is 12.1. The molecular weight excluding hydrogens is 582 g/mol. The maximum absolute atomic E-state index is 15.2. The number of rotatable bonds is 8. The van der Waals surface area contributed by atoms with Crippen molar-refractivity contribution in [1.82, 2.24) is 9.88 Å². The summed E-state index contributed by atoms with van der Waals surface area (Å²) in [5, 5.41) is 0.298. The summed E-state index contributed by atoms with van der Waals surface area (Å²) in [6, 6.07) is 14.7. The van der Waals surface area contributed by atoms with E-state index in [2.05, 4.69) is 4.98 Å². The fourth-order valence-corrected chi connectivity index (χ4v) is 7.67. The van der Waals surface area contributed by atoms with Gasteiger partial charge in [0, 0.05) is 28.3 Å². The third kappa shape index (κ3) is 4.11. The minimum atomic E-state index is -4.45. The van der Waals surface area contributed by atoms with Gasteiger partial charge in [-0.15, -0.1) is 0 Å². The Morgan fingerprint density at radius 1 is 1.05 bits per heavy atom. The van der Waals surface area contributed by atoms with Gasteiger partial charge in [0.15, 0.2) is 5.54 Å². The molecule has 0 spiro atoms. The third-order valence-electron chi connectivity index (χ3n) is 7.83. The molecule has 0 bridgehead atoms. The lowest BCUT2D eigenvalue weighted by Crippen LogP contribution is -2.54. The highest BCUT2D eigenvalue weighted by Crippen LogP contribution is 2.56. The summed E-state index contributed by atoms with van der Waals surface area (Å²) in [5.41, 5.74) is -0.729. The quantitative estimate of drug-likeness (QED) is 0.256. The number of methoxy groups -OCH3 is 2. The highest BCUT2D eigenvalue weighted by atomic mass is 35.5. The molecule has 4 aromatic rings. The van der Waals surface area contributed by atoms with Crippen LogP contribution in [0.5, 0.6) is 11.5 Å². The first-order valence-corrected chi connectivity index (χ1v) is 14.9. The molecule has 2 aliphatic rings. The number of carbonyl (C=O) groups excluding carboxylic acids is 2. The molecule has 3 aromatic carbocycles. The lowest BCUT2D eigenvalue weighted by atomic mass is 9.80. The largest absolute Gasteiger partial charge is 0.497 e. The molecule has 6 rings (SSSR count). The molecule has 3 heterocycles. The van der Waals surface area contributed by atoms with Gasteiger partial charge in [-0.25, -0.2) is 17.7 Å². The Bertz CT molecular complexity index is 1780. The van der Waals surface area contributed by atoms with Gasteiger partial charge in [-0.3, -0.25) is 14.5 Å². The normalized spacial score (nSPS) is 20.5. The second-order valence-electron chi connectivity index (χ2n) is 9.92. The number of hydrogen-bond donors (Lipinski definition) is 0. The van der Waals surface area contributed by atoms with Crippen LogP contribution in [0.2, 0.25) is 5.02 Å². The lowest BCUT2D eigenvalue weighted by molar-refractivity contribution is -0.127. The number of carbonyl (C=O) groups is 2. The van der Waals surface area contributed by atoms with Crippen molar-refractivity contribution in [1.29, 1.82) is 0 Å². The van der Waals surface area contributed by atoms with Crippen LogP contribution in [-0.4, -0.2) is 51.3 Å². The fraction of sp³-hybridized carbons (Fsp3) is 0.233. The summed E-state index contributed by atoms with van der Waals surface area (Å²) in [6.45, 7) is 0.385. The molecule has 42 heavy (non-hydrogen) atoms. The molecule has 10 nitrogen and oxygen atoms in total. The number of aromatic nitrogens is 1. The van der Waals surface area contributed by atoms with E-state index in [4.69, 9.17) is 25.5 Å². The molecule has 2 atom stereocenters. The number of amides is 1. The summed E-state index contributed by atoms with van der Waals surface area (Å²) in [6.07, 6.45) is 4.89. The molecule has 1 saturated heterocycles. The maximum atomic E-state index is 15.2. The van der Waals surface area contributed by atoms with Crippen LogP contribution in [0.15, 0.2) is 82.4 Å². The van der Waals surface area contributed by atoms with Crippen LogP contribution in [0.1, 0.15) is 46.3 Å². The highest BCUT2D eigenvalue weighted by molar-refractivity contribution is 7.93. The van der Waals surface area contributed by atoms with Crippen molar-refractivity contribution in [2.45, 2.75) is 29.3 Å². The number of hydrogen-bond acceptors (Lipinski definition) is 9. The van der Waals surface area contributed by atoms with Crippen molar-refractivity contribution in [2.75, 3.05) is 25.1 Å². The number of aldehydes is 1. The summed E-state index contributed by atoms with van der Waals surface area (Å²) in [7, 11) is -1.52. The van der Waals surface area contributed by atoms with E-state index in [9.17, 15) is 13.2 Å². The predicted octanol–water partition coefficient (Wildman–Crippen LogP) is 4.97. The van der Waals surface area contributed by atoms with Crippen LogP contribution in [-0.2, 0) is 20.4 Å². The van der Waals surface area contributed by atoms with Crippen molar-refractivity contribution < 1.29 is 31.9 Å². The van der Waals surface area contributed by atoms with Gasteiger partial charge >= 0.3 is 0 Å². The number of ether oxygens (including phenoxy) is 2. The lowest BCUT2D eigenvalue weighted by Gasteiger charge is -2.41. The van der Waals surface area contributed by atoms with Crippen LogP contribution in [0.25, 0.3) is 0 Å². The minimum Gasteiger partial charge on any atom is -0.497 e. The molecule has 0 N–H and O–H groups in total. The standard InChI is InChI=1S/C30H26ClN3O7S/c1-39-21-7-9-22(10-8-21)42(37,38)34-25-11-6-20(31)17-23(25)30(29(34)36,24-16-19(18-35)5-12-27(24)40-2)33-14-3-4-26(33)28-32-13-15-41-28/h5-13,15-18,26H,3-4,14H2,1-2H3. The van der Waals surface area contributed by atoms with Crippen molar-refractivity contribution in [3.63, 3.8) is 0 Å². The fourth-order valence-electron chi connectivity index (χ4n) is 6.04. The zero-order valence-electron chi connectivity index (χ0n) is 22.7. The summed E-state index contributed by atoms with van der Waals surface area (Å²) in [4.78, 5) is 33.3. The summed E-state index contributed by atoms with van der Waals surface area (Å²) in [5.74, 6) is 0.367. The first-order chi connectivity index (χ1) is 20.3. The smallest absolute Gasteiger partial charge is 0.271 e. The van der Waals surface area contributed by atoms with Crippen molar-refractivity contribution >= 4 is 39.5 Å². The molecule has 1 fully saturated rings. The molecule has 2 unspecified atom stereocenters. The van der Waals surface area contributed by atoms with Crippen molar-refractivity contribution in [3.8, 4) is 11.5 Å². The predicted molar refractivity (Wildman–Crippen MR) is 153 cm³/mol. The molecule has 1 aromatic heterocycles. The van der Waals surface area contributed by atoms with E-state index in [1.807, 2.05) is 4.90 Å². The Morgan fingerprint density at radius 3 is 2.50 bits per heavy atom. The molecular formula is C30H26ClN3O7S. The summed E-state index contributed by atoms with van der Waals surface area (Å²) >= 11 is 6.54. The Balaban J connectivity index is 1.68. The van der Waals surface area contributed by atoms with E-state index in [1.165, 1.54) is 63.1 Å². The third-order valence-corrected chi connectivity index (χ3v) is 9.77. The average molecular weight is 608 g/mol. The SMILES string of the molecule is COc1ccc(S(=O)(=O)N2C(=O)C(c3cc(C=O)ccc3OC)(N3CCCC3c3ncco3)c3cc(Cl)ccc32)cc1. The van der Waals surface area contributed by atoms with Crippen LogP contribution in [0, 0.1) is 0 Å². The maximum Gasteiger partial charge on any atom is 0.271 e. The van der Waals surface area contributed by atoms with Crippen LogP contribution in [0.3, 0.4) is 0 Å². The van der Waals surface area contributed by atoms with Crippen molar-refractivity contribution in [2.24, 2.45) is 0 Å². The van der Waals surface area contributed by atoms with Gasteiger partial charge in [0.25, 0.3) is 15.9 Å². The van der Waals surface area contributed by atoms with E-state index in [0.717, 1.165) is 4.31 Å². The number of halogens is 1. The molecule has 0 radical (unpaired) electrons. The van der Waals surface area contributed by atoms with Gasteiger partial charge in [-0.1, -0.05) is 11.6 Å². The molecule has 12 heteroatoms. The van der Waals surface area contributed by atoms with E-state index in [-0.39, 0.29) is 16.1 Å². The monoisotopic (exact) mass is 607 g/mol. The first-order valence-electron chi connectivity index (χ1n) is 13.1. The van der Waals surface area contributed by atoms with Gasteiger partial charge in [0.1, 0.15) is 24.0 Å². The Morgan fingerprint density at radius 2 is 1.83 bits per heavy atom. The van der Waals surface area contributed by atoms with E-state index < -0.39 is 27.5 Å². The number of anilines is 1.